The predicted octanol–water partition coefficient (Wildman–Crippen LogP) is 3.61. The van der Waals surface area contributed by atoms with E-state index in [2.05, 4.69) is 30.0 Å². The van der Waals surface area contributed by atoms with Gasteiger partial charge in [-0.25, -0.2) is 0 Å². The Hall–Kier alpha value is -3.22. The van der Waals surface area contributed by atoms with Gasteiger partial charge >= 0.3 is 0 Å². The zero-order chi connectivity index (χ0) is 22.1. The number of hydrogen-bond donors (Lipinski definition) is 3. The van der Waals surface area contributed by atoms with Gasteiger partial charge in [0.2, 0.25) is 0 Å². The first-order valence-corrected chi connectivity index (χ1v) is 10.0. The maximum atomic E-state index is 12.4. The highest BCUT2D eigenvalue weighted by Crippen LogP contribution is 2.28. The fraction of sp³-hybridized carbons (Fsp3) is 0.391. The van der Waals surface area contributed by atoms with Crippen LogP contribution in [0.1, 0.15) is 41.8 Å². The summed E-state index contributed by atoms with van der Waals surface area (Å²) in [6.07, 6.45) is 0.924. The highest BCUT2D eigenvalue weighted by atomic mass is 16.5. The Morgan fingerprint density at radius 3 is 2.43 bits per heavy atom. The van der Waals surface area contributed by atoms with Gasteiger partial charge in [-0.15, -0.1) is 0 Å². The van der Waals surface area contributed by atoms with Crippen LogP contribution in [0.25, 0.3) is 0 Å². The van der Waals surface area contributed by atoms with Crippen LogP contribution in [0, 0.1) is 19.8 Å². The van der Waals surface area contributed by atoms with Gasteiger partial charge in [-0.3, -0.25) is 20.4 Å². The van der Waals surface area contributed by atoms with Crippen molar-refractivity contribution in [3.8, 4) is 11.5 Å². The maximum Gasteiger partial charge on any atom is 0.269 e. The van der Waals surface area contributed by atoms with Crippen molar-refractivity contribution >= 4 is 17.5 Å². The third kappa shape index (κ3) is 6.99. The Morgan fingerprint density at radius 2 is 1.77 bits per heavy atom. The molecule has 0 fully saturated rings. The Morgan fingerprint density at radius 1 is 1.00 bits per heavy atom. The molecule has 0 aliphatic rings. The number of hydrazine groups is 1. The van der Waals surface area contributed by atoms with Gasteiger partial charge < -0.3 is 14.8 Å². The number of aryl methyl sites for hydroxylation is 2. The maximum absolute atomic E-state index is 12.4. The lowest BCUT2D eigenvalue weighted by Crippen LogP contribution is -2.44. The van der Waals surface area contributed by atoms with E-state index in [1.165, 1.54) is 7.11 Å². The molecule has 0 aliphatic heterocycles. The summed E-state index contributed by atoms with van der Waals surface area (Å²) in [7, 11) is 1.52. The molecule has 3 N–H and O–H groups in total. The molecular formula is C23H31N3O4. The quantitative estimate of drug-likeness (QED) is 0.547. The van der Waals surface area contributed by atoms with Crippen molar-refractivity contribution in [3.05, 3.63) is 53.1 Å². The van der Waals surface area contributed by atoms with Gasteiger partial charge in [-0.2, -0.15) is 0 Å². The molecule has 2 amide bonds. The molecule has 0 aliphatic carbocycles. The van der Waals surface area contributed by atoms with Crippen molar-refractivity contribution in [2.45, 2.75) is 34.1 Å². The number of rotatable bonds is 9. The lowest BCUT2D eigenvalue weighted by Gasteiger charge is -2.14. The molecule has 7 nitrogen and oxygen atoms in total. The van der Waals surface area contributed by atoms with E-state index >= 15 is 0 Å². The van der Waals surface area contributed by atoms with E-state index in [0.29, 0.717) is 29.6 Å². The standard InChI is InChI=1S/C23H31N3O4/c1-15(2)10-11-30-20-9-7-18(13-21(20)29-5)23(28)26-25-22(27)14-24-19-8-6-16(3)12-17(19)4/h6-9,12-13,15,24H,10-11,14H2,1-5H3,(H,25,27)(H,26,28). The van der Waals surface area contributed by atoms with Crippen molar-refractivity contribution in [1.29, 1.82) is 0 Å². The molecule has 2 aromatic rings. The summed E-state index contributed by atoms with van der Waals surface area (Å²) >= 11 is 0. The molecule has 30 heavy (non-hydrogen) atoms. The van der Waals surface area contributed by atoms with Crippen LogP contribution < -0.4 is 25.6 Å². The van der Waals surface area contributed by atoms with Gasteiger partial charge in [0.05, 0.1) is 20.3 Å². The fourth-order valence-corrected chi connectivity index (χ4v) is 2.76. The minimum absolute atomic E-state index is 0.0378. The molecule has 0 spiro atoms. The van der Waals surface area contributed by atoms with Crippen LogP contribution in [0.2, 0.25) is 0 Å². The number of benzene rings is 2. The molecule has 162 valence electrons. The Labute approximate surface area is 178 Å². The number of methoxy groups -OCH3 is 1. The van der Waals surface area contributed by atoms with Gasteiger partial charge in [0, 0.05) is 11.3 Å². The number of hydrogen-bond acceptors (Lipinski definition) is 5. The molecular weight excluding hydrogens is 382 g/mol. The van der Waals surface area contributed by atoms with Crippen molar-refractivity contribution in [3.63, 3.8) is 0 Å². The van der Waals surface area contributed by atoms with E-state index in [-0.39, 0.29) is 12.5 Å². The summed E-state index contributed by atoms with van der Waals surface area (Å²) in [5, 5.41) is 3.06. The summed E-state index contributed by atoms with van der Waals surface area (Å²) in [6, 6.07) is 10.8. The smallest absolute Gasteiger partial charge is 0.269 e. The molecule has 0 bridgehead atoms. The number of anilines is 1. The SMILES string of the molecule is COc1cc(C(=O)NNC(=O)CNc2ccc(C)cc2C)ccc1OCCC(C)C. The van der Waals surface area contributed by atoms with Gasteiger partial charge in [0.1, 0.15) is 0 Å². The molecule has 0 saturated carbocycles. The van der Waals surface area contributed by atoms with E-state index in [1.54, 1.807) is 18.2 Å². The third-order valence-corrected chi connectivity index (χ3v) is 4.52. The zero-order valence-corrected chi connectivity index (χ0v) is 18.3. The average molecular weight is 414 g/mol. The fourth-order valence-electron chi connectivity index (χ4n) is 2.76. The van der Waals surface area contributed by atoms with Crippen LogP contribution in [0.4, 0.5) is 5.69 Å². The Balaban J connectivity index is 1.86. The van der Waals surface area contributed by atoms with E-state index in [1.807, 2.05) is 32.0 Å². The summed E-state index contributed by atoms with van der Waals surface area (Å²) in [6.45, 7) is 8.84. The zero-order valence-electron chi connectivity index (χ0n) is 18.3. The minimum Gasteiger partial charge on any atom is -0.493 e. The van der Waals surface area contributed by atoms with Crippen LogP contribution in [0.5, 0.6) is 11.5 Å². The highest BCUT2D eigenvalue weighted by molar-refractivity contribution is 5.96. The molecule has 2 aromatic carbocycles. The number of nitrogens with one attached hydrogen (secondary N) is 3. The van der Waals surface area contributed by atoms with Crippen molar-refractivity contribution < 1.29 is 19.1 Å². The van der Waals surface area contributed by atoms with Crippen molar-refractivity contribution in [1.82, 2.24) is 10.9 Å². The summed E-state index contributed by atoms with van der Waals surface area (Å²) in [5.74, 6) is 0.783. The van der Waals surface area contributed by atoms with E-state index in [4.69, 9.17) is 9.47 Å². The first kappa shape index (κ1) is 23.1. The van der Waals surface area contributed by atoms with Crippen LogP contribution in [-0.2, 0) is 4.79 Å². The number of carbonyl (C=O) groups is 2. The van der Waals surface area contributed by atoms with Crippen LogP contribution in [-0.4, -0.2) is 32.1 Å². The second-order valence-corrected chi connectivity index (χ2v) is 7.57. The molecule has 2 rings (SSSR count). The molecule has 0 atom stereocenters. The van der Waals surface area contributed by atoms with E-state index in [9.17, 15) is 9.59 Å². The molecule has 0 unspecified atom stereocenters. The summed E-state index contributed by atoms with van der Waals surface area (Å²) in [5.41, 5.74) is 8.25. The molecule has 0 radical (unpaired) electrons. The molecule has 0 aromatic heterocycles. The normalized spacial score (nSPS) is 10.5. The largest absolute Gasteiger partial charge is 0.493 e. The lowest BCUT2D eigenvalue weighted by atomic mass is 10.1. The molecule has 0 heterocycles. The molecule has 7 heteroatoms. The van der Waals surface area contributed by atoms with Crippen LogP contribution in [0.3, 0.4) is 0 Å². The molecule has 0 saturated heterocycles. The number of amides is 2. The minimum atomic E-state index is -0.443. The predicted molar refractivity (Wildman–Crippen MR) is 118 cm³/mol. The lowest BCUT2D eigenvalue weighted by molar-refractivity contribution is -0.120. The van der Waals surface area contributed by atoms with E-state index in [0.717, 1.165) is 23.2 Å². The average Bonchev–Trinajstić information content (AvgIpc) is 2.71. The summed E-state index contributed by atoms with van der Waals surface area (Å²) in [4.78, 5) is 24.4. The Kier molecular flexibility index (Phi) is 8.53. The topological polar surface area (TPSA) is 88.7 Å². The van der Waals surface area contributed by atoms with Crippen LogP contribution >= 0.6 is 0 Å². The first-order chi connectivity index (χ1) is 14.3. The summed E-state index contributed by atoms with van der Waals surface area (Å²) < 4.78 is 11.1. The van der Waals surface area contributed by atoms with Gasteiger partial charge in [0.25, 0.3) is 11.8 Å². The van der Waals surface area contributed by atoms with Crippen molar-refractivity contribution in [2.24, 2.45) is 5.92 Å². The third-order valence-electron chi connectivity index (χ3n) is 4.52. The number of carbonyl (C=O) groups excluding carboxylic acids is 2. The first-order valence-electron chi connectivity index (χ1n) is 10.0. The van der Waals surface area contributed by atoms with Crippen LogP contribution in [0.15, 0.2) is 36.4 Å². The monoisotopic (exact) mass is 413 g/mol. The highest BCUT2D eigenvalue weighted by Gasteiger charge is 2.12. The number of ether oxygens (including phenoxy) is 2. The Bertz CT molecular complexity index is 881. The van der Waals surface area contributed by atoms with Crippen molar-refractivity contribution in [2.75, 3.05) is 25.6 Å². The van der Waals surface area contributed by atoms with Gasteiger partial charge in [-0.1, -0.05) is 31.5 Å². The van der Waals surface area contributed by atoms with Gasteiger partial charge in [0.15, 0.2) is 11.5 Å². The second kappa shape index (κ2) is 11.1. The van der Waals surface area contributed by atoms with E-state index < -0.39 is 5.91 Å². The van der Waals surface area contributed by atoms with Gasteiger partial charge in [-0.05, 0) is 56.0 Å². The second-order valence-electron chi connectivity index (χ2n) is 7.57.